The van der Waals surface area contributed by atoms with Gasteiger partial charge in [0.1, 0.15) is 6.61 Å². The summed E-state index contributed by atoms with van der Waals surface area (Å²) in [5, 5.41) is 6.02. The lowest BCUT2D eigenvalue weighted by Gasteiger charge is -2.37. The highest BCUT2D eigenvalue weighted by molar-refractivity contribution is 9.10. The number of imide groups is 1. The van der Waals surface area contributed by atoms with Crippen LogP contribution < -0.4 is 9.47 Å². The second kappa shape index (κ2) is 8.24. The van der Waals surface area contributed by atoms with Crippen LogP contribution in [0.4, 0.5) is 0 Å². The highest BCUT2D eigenvalue weighted by Crippen LogP contribution is 2.65. The smallest absolute Gasteiger partial charge is 0.254 e. The molecule has 2 amide bonds. The first kappa shape index (κ1) is 21.9. The van der Waals surface area contributed by atoms with E-state index in [2.05, 4.69) is 33.2 Å². The first-order chi connectivity index (χ1) is 16.5. The van der Waals surface area contributed by atoms with Gasteiger partial charge in [0.15, 0.2) is 11.5 Å². The monoisotopic (exact) mass is 540 g/mol. The first-order valence-electron chi connectivity index (χ1n) is 11.3. The second-order valence-corrected chi connectivity index (χ2v) is 10.6. The molecule has 2 aromatic rings. The molecule has 2 saturated carbocycles. The van der Waals surface area contributed by atoms with E-state index in [9.17, 15) is 9.59 Å². The van der Waals surface area contributed by atoms with Gasteiger partial charge in [-0.2, -0.15) is 10.1 Å². The molecule has 2 aromatic carbocycles. The van der Waals surface area contributed by atoms with Gasteiger partial charge in [-0.1, -0.05) is 42.0 Å². The number of amides is 2. The number of methoxy groups -OCH3 is 1. The molecule has 0 unspecified atom stereocenters. The van der Waals surface area contributed by atoms with E-state index in [-0.39, 0.29) is 42.1 Å². The topological polar surface area (TPSA) is 68.2 Å². The van der Waals surface area contributed by atoms with Crippen molar-refractivity contribution in [1.29, 1.82) is 0 Å². The molecule has 1 heterocycles. The maximum atomic E-state index is 13.1. The molecule has 3 fully saturated rings. The summed E-state index contributed by atoms with van der Waals surface area (Å²) in [5.74, 6) is 1.64. The van der Waals surface area contributed by atoms with Gasteiger partial charge in [-0.05, 0) is 69.8 Å². The average Bonchev–Trinajstić information content (AvgIpc) is 3.62. The molecule has 4 aliphatic carbocycles. The van der Waals surface area contributed by atoms with Crippen LogP contribution in [-0.4, -0.2) is 30.1 Å². The molecule has 0 radical (unpaired) electrons. The molecule has 34 heavy (non-hydrogen) atoms. The summed E-state index contributed by atoms with van der Waals surface area (Å²) in [6.45, 7) is 0.278. The Balaban J connectivity index is 1.21. The van der Waals surface area contributed by atoms with Crippen LogP contribution in [0.1, 0.15) is 17.5 Å². The van der Waals surface area contributed by atoms with Crippen LogP contribution in [0.5, 0.6) is 11.5 Å². The Morgan fingerprint density at radius 3 is 2.44 bits per heavy atom. The Morgan fingerprint density at radius 1 is 1.12 bits per heavy atom. The summed E-state index contributed by atoms with van der Waals surface area (Å²) >= 11 is 9.77. The van der Waals surface area contributed by atoms with Gasteiger partial charge in [0, 0.05) is 10.6 Å². The number of carbonyl (C=O) groups is 2. The van der Waals surface area contributed by atoms with Crippen LogP contribution in [-0.2, 0) is 16.2 Å². The summed E-state index contributed by atoms with van der Waals surface area (Å²) in [4.78, 5) is 26.2. The molecule has 2 bridgehead atoms. The number of benzene rings is 2. The van der Waals surface area contributed by atoms with E-state index in [0.29, 0.717) is 38.4 Å². The number of halogens is 2. The minimum atomic E-state index is -0.259. The van der Waals surface area contributed by atoms with E-state index in [1.807, 2.05) is 30.3 Å². The van der Waals surface area contributed by atoms with Crippen LogP contribution >= 0.6 is 27.5 Å². The van der Waals surface area contributed by atoms with Gasteiger partial charge < -0.3 is 9.47 Å². The maximum absolute atomic E-state index is 13.1. The minimum absolute atomic E-state index is 0.179. The Kier molecular flexibility index (Phi) is 5.30. The van der Waals surface area contributed by atoms with Crippen molar-refractivity contribution in [2.45, 2.75) is 13.0 Å². The standard InChI is InChI=1S/C26H22BrClN2O4/c1-33-21-9-13(8-19(27)24(21)34-12-14-4-2-3-5-20(14)28)11-29-30-25(31)22-15-6-7-16(18-10-17(15)18)23(22)26(30)32/h2-9,11,15-18,22-23H,10,12H2,1H3/b29-11+/t15-,16-,17-,18-,22+,23+/m1/s1. The average molecular weight is 542 g/mol. The second-order valence-electron chi connectivity index (χ2n) is 9.30. The van der Waals surface area contributed by atoms with Crippen molar-refractivity contribution in [3.63, 3.8) is 0 Å². The van der Waals surface area contributed by atoms with Gasteiger partial charge in [-0.3, -0.25) is 9.59 Å². The number of allylic oxidation sites excluding steroid dienone is 2. The van der Waals surface area contributed by atoms with Crippen molar-refractivity contribution < 1.29 is 19.1 Å². The summed E-state index contributed by atoms with van der Waals surface area (Å²) in [7, 11) is 1.55. The zero-order valence-corrected chi connectivity index (χ0v) is 20.7. The Bertz CT molecular complexity index is 1230. The number of ether oxygens (including phenoxy) is 2. The third kappa shape index (κ3) is 3.40. The predicted molar refractivity (Wildman–Crippen MR) is 131 cm³/mol. The Hall–Kier alpha value is -2.64. The van der Waals surface area contributed by atoms with E-state index >= 15 is 0 Å². The SMILES string of the molecule is COc1cc(/C=N/N2C(=O)[C@H]3[C@@H]4C=C[C@H]([C@H]5C[C@H]45)[C@@H]3C2=O)cc(Br)c1OCc1ccccc1Cl. The third-order valence-electron chi connectivity index (χ3n) is 7.54. The van der Waals surface area contributed by atoms with Crippen molar-refractivity contribution >= 4 is 45.6 Å². The van der Waals surface area contributed by atoms with Crippen LogP contribution in [0, 0.1) is 35.5 Å². The predicted octanol–water partition coefficient (Wildman–Crippen LogP) is 5.08. The summed E-state index contributed by atoms with van der Waals surface area (Å²) in [6.07, 6.45) is 6.97. The van der Waals surface area contributed by atoms with E-state index < -0.39 is 0 Å². The molecule has 0 aromatic heterocycles. The number of hydrazone groups is 1. The fourth-order valence-electron chi connectivity index (χ4n) is 5.90. The molecule has 0 N–H and O–H groups in total. The van der Waals surface area contributed by atoms with E-state index in [4.69, 9.17) is 21.1 Å². The summed E-state index contributed by atoms with van der Waals surface area (Å²) in [5.41, 5.74) is 1.53. The molecule has 1 saturated heterocycles. The molecule has 0 spiro atoms. The fraction of sp³-hybridized carbons (Fsp3) is 0.346. The highest BCUT2D eigenvalue weighted by Gasteiger charge is 2.67. The van der Waals surface area contributed by atoms with Crippen molar-refractivity contribution in [3.8, 4) is 11.5 Å². The lowest BCUT2D eigenvalue weighted by atomic mass is 9.63. The van der Waals surface area contributed by atoms with Gasteiger partial charge in [-0.25, -0.2) is 0 Å². The van der Waals surface area contributed by atoms with Gasteiger partial charge in [-0.15, -0.1) is 0 Å². The molecule has 8 heteroatoms. The van der Waals surface area contributed by atoms with Gasteiger partial charge >= 0.3 is 0 Å². The zero-order valence-electron chi connectivity index (χ0n) is 18.4. The molecule has 174 valence electrons. The van der Waals surface area contributed by atoms with Crippen LogP contribution in [0.3, 0.4) is 0 Å². The molecular formula is C26H22BrClN2O4. The number of rotatable bonds is 6. The third-order valence-corrected chi connectivity index (χ3v) is 8.50. The number of hydrogen-bond donors (Lipinski definition) is 0. The Labute approximate surface area is 210 Å². The van der Waals surface area contributed by atoms with Gasteiger partial charge in [0.05, 0.1) is 29.6 Å². The number of carbonyl (C=O) groups excluding carboxylic acids is 2. The van der Waals surface area contributed by atoms with E-state index in [1.165, 1.54) is 6.21 Å². The molecule has 1 aliphatic heterocycles. The normalized spacial score (nSPS) is 30.6. The van der Waals surface area contributed by atoms with Crippen LogP contribution in [0.25, 0.3) is 0 Å². The number of hydrogen-bond acceptors (Lipinski definition) is 5. The van der Waals surface area contributed by atoms with Crippen LogP contribution in [0.15, 0.2) is 58.1 Å². The molecule has 6 atom stereocenters. The fourth-order valence-corrected chi connectivity index (χ4v) is 6.66. The van der Waals surface area contributed by atoms with Crippen molar-refractivity contribution in [2.75, 3.05) is 7.11 Å². The molecule has 5 aliphatic rings. The lowest BCUT2D eigenvalue weighted by molar-refractivity contribution is -0.140. The van der Waals surface area contributed by atoms with Crippen molar-refractivity contribution in [2.24, 2.45) is 40.6 Å². The maximum Gasteiger partial charge on any atom is 0.254 e. The quantitative estimate of drug-likeness (QED) is 0.291. The van der Waals surface area contributed by atoms with Crippen molar-refractivity contribution in [3.05, 3.63) is 69.2 Å². The van der Waals surface area contributed by atoms with Gasteiger partial charge in [0.25, 0.3) is 11.8 Å². The summed E-state index contributed by atoms with van der Waals surface area (Å²) < 4.78 is 12.2. The number of nitrogens with zero attached hydrogens (tertiary/aromatic N) is 2. The summed E-state index contributed by atoms with van der Waals surface area (Å²) in [6, 6.07) is 11.1. The zero-order chi connectivity index (χ0) is 23.6. The first-order valence-corrected chi connectivity index (χ1v) is 12.5. The van der Waals surface area contributed by atoms with Crippen LogP contribution in [0.2, 0.25) is 5.02 Å². The molecule has 6 nitrogen and oxygen atoms in total. The van der Waals surface area contributed by atoms with E-state index in [0.717, 1.165) is 17.0 Å². The highest BCUT2D eigenvalue weighted by atomic mass is 79.9. The lowest BCUT2D eigenvalue weighted by Crippen LogP contribution is -2.40. The molecule has 7 rings (SSSR count). The molecular weight excluding hydrogens is 520 g/mol. The Morgan fingerprint density at radius 2 is 1.79 bits per heavy atom. The van der Waals surface area contributed by atoms with Crippen molar-refractivity contribution in [1.82, 2.24) is 5.01 Å². The minimum Gasteiger partial charge on any atom is -0.493 e. The van der Waals surface area contributed by atoms with Gasteiger partial charge in [0.2, 0.25) is 0 Å². The van der Waals surface area contributed by atoms with E-state index in [1.54, 1.807) is 13.2 Å². The largest absolute Gasteiger partial charge is 0.493 e.